The van der Waals surface area contributed by atoms with Crippen molar-refractivity contribution in [3.05, 3.63) is 0 Å². The van der Waals surface area contributed by atoms with Crippen LogP contribution in [0.3, 0.4) is 0 Å². The molecular weight excluding hydrogens is 154 g/mol. The highest BCUT2D eigenvalue weighted by Crippen LogP contribution is 2.32. The predicted molar refractivity (Wildman–Crippen MR) is 44.9 cm³/mol. The van der Waals surface area contributed by atoms with Crippen LogP contribution in [0.25, 0.3) is 0 Å². The lowest BCUT2D eigenvalue weighted by molar-refractivity contribution is 0.130. The summed E-state index contributed by atoms with van der Waals surface area (Å²) in [6.45, 7) is 2.95. The fourth-order valence-electron chi connectivity index (χ4n) is 2.23. The van der Waals surface area contributed by atoms with Crippen molar-refractivity contribution >= 4 is 6.09 Å². The molecule has 0 aromatic rings. The van der Waals surface area contributed by atoms with Gasteiger partial charge in [0.2, 0.25) is 0 Å². The van der Waals surface area contributed by atoms with Crippen LogP contribution in [-0.4, -0.2) is 29.7 Å². The van der Waals surface area contributed by atoms with Crippen molar-refractivity contribution in [2.24, 2.45) is 0 Å². The SMILES string of the molecule is CCCN1C(=O)O[C@@H]2CCC[C@@H]21. The maximum absolute atomic E-state index is 11.3. The Balaban J connectivity index is 2.05. The minimum Gasteiger partial charge on any atom is -0.444 e. The first-order valence-electron chi connectivity index (χ1n) is 4.80. The van der Waals surface area contributed by atoms with Crippen molar-refractivity contribution in [3.63, 3.8) is 0 Å². The molecule has 1 amide bonds. The molecule has 0 N–H and O–H groups in total. The van der Waals surface area contributed by atoms with E-state index in [-0.39, 0.29) is 12.2 Å². The second kappa shape index (κ2) is 2.96. The first-order valence-corrected chi connectivity index (χ1v) is 4.80. The number of carbonyl (C=O) groups excluding carboxylic acids is 1. The average Bonchev–Trinajstić information content (AvgIpc) is 2.56. The number of hydrogen-bond acceptors (Lipinski definition) is 2. The summed E-state index contributed by atoms with van der Waals surface area (Å²) in [5, 5.41) is 0. The Bertz CT molecular complexity index is 193. The third-order valence-corrected chi connectivity index (χ3v) is 2.77. The van der Waals surface area contributed by atoms with Crippen LogP contribution < -0.4 is 0 Å². The fraction of sp³-hybridized carbons (Fsp3) is 0.889. The zero-order valence-electron chi connectivity index (χ0n) is 7.45. The third-order valence-electron chi connectivity index (χ3n) is 2.77. The van der Waals surface area contributed by atoms with Crippen LogP contribution in [0, 0.1) is 0 Å². The maximum atomic E-state index is 11.3. The minimum absolute atomic E-state index is 0.0912. The van der Waals surface area contributed by atoms with Gasteiger partial charge in [-0.2, -0.15) is 0 Å². The summed E-state index contributed by atoms with van der Waals surface area (Å²) >= 11 is 0. The van der Waals surface area contributed by atoms with Crippen molar-refractivity contribution in [2.45, 2.75) is 44.8 Å². The molecule has 1 saturated heterocycles. The molecule has 1 heterocycles. The van der Waals surface area contributed by atoms with E-state index in [0.29, 0.717) is 6.04 Å². The van der Waals surface area contributed by atoms with Gasteiger partial charge >= 0.3 is 6.09 Å². The zero-order chi connectivity index (χ0) is 8.55. The Morgan fingerprint density at radius 2 is 2.42 bits per heavy atom. The lowest BCUT2D eigenvalue weighted by Crippen LogP contribution is -2.34. The third kappa shape index (κ3) is 1.08. The van der Waals surface area contributed by atoms with E-state index in [1.807, 2.05) is 4.90 Å². The van der Waals surface area contributed by atoms with Gasteiger partial charge in [-0.15, -0.1) is 0 Å². The van der Waals surface area contributed by atoms with Crippen LogP contribution in [0.5, 0.6) is 0 Å². The second-order valence-corrected chi connectivity index (χ2v) is 3.61. The Hall–Kier alpha value is -0.730. The van der Waals surface area contributed by atoms with E-state index >= 15 is 0 Å². The van der Waals surface area contributed by atoms with E-state index in [0.717, 1.165) is 25.8 Å². The van der Waals surface area contributed by atoms with Gasteiger partial charge in [0, 0.05) is 6.54 Å². The zero-order valence-corrected chi connectivity index (χ0v) is 7.45. The minimum atomic E-state index is -0.0912. The Morgan fingerprint density at radius 3 is 3.17 bits per heavy atom. The molecule has 1 aliphatic heterocycles. The molecule has 0 aromatic heterocycles. The smallest absolute Gasteiger partial charge is 0.410 e. The Labute approximate surface area is 72.7 Å². The molecule has 1 saturated carbocycles. The van der Waals surface area contributed by atoms with Gasteiger partial charge in [0.25, 0.3) is 0 Å². The van der Waals surface area contributed by atoms with E-state index < -0.39 is 0 Å². The highest BCUT2D eigenvalue weighted by molar-refractivity contribution is 5.70. The molecule has 2 aliphatic rings. The normalized spacial score (nSPS) is 33.8. The lowest BCUT2D eigenvalue weighted by Gasteiger charge is -2.18. The Morgan fingerprint density at radius 1 is 1.58 bits per heavy atom. The summed E-state index contributed by atoms with van der Waals surface area (Å²) in [4.78, 5) is 13.2. The highest BCUT2D eigenvalue weighted by atomic mass is 16.6. The number of ether oxygens (including phenoxy) is 1. The molecule has 0 unspecified atom stereocenters. The summed E-state index contributed by atoms with van der Waals surface area (Å²) in [6, 6.07) is 0.400. The molecule has 0 bridgehead atoms. The molecule has 0 radical (unpaired) electrons. The van der Waals surface area contributed by atoms with Gasteiger partial charge in [0.05, 0.1) is 6.04 Å². The average molecular weight is 169 g/mol. The van der Waals surface area contributed by atoms with Gasteiger partial charge in [-0.3, -0.25) is 0 Å². The summed E-state index contributed by atoms with van der Waals surface area (Å²) in [5.74, 6) is 0. The molecule has 68 valence electrons. The summed E-state index contributed by atoms with van der Waals surface area (Å²) < 4.78 is 5.24. The van der Waals surface area contributed by atoms with E-state index in [9.17, 15) is 4.79 Å². The number of fused-ring (bicyclic) bond motifs is 1. The highest BCUT2D eigenvalue weighted by Gasteiger charge is 2.43. The summed E-state index contributed by atoms with van der Waals surface area (Å²) in [7, 11) is 0. The standard InChI is InChI=1S/C9H15NO2/c1-2-6-10-7-4-3-5-8(7)12-9(10)11/h7-8H,2-6H2,1H3/t7-,8+/m0/s1. The largest absolute Gasteiger partial charge is 0.444 e. The van der Waals surface area contributed by atoms with E-state index in [4.69, 9.17) is 4.74 Å². The van der Waals surface area contributed by atoms with E-state index in [2.05, 4.69) is 6.92 Å². The molecule has 0 spiro atoms. The summed E-state index contributed by atoms with van der Waals surface area (Å²) in [5.41, 5.74) is 0. The second-order valence-electron chi connectivity index (χ2n) is 3.61. The fourth-order valence-corrected chi connectivity index (χ4v) is 2.23. The first kappa shape index (κ1) is 7.90. The predicted octanol–water partition coefficient (Wildman–Crippen LogP) is 1.77. The number of nitrogens with zero attached hydrogens (tertiary/aromatic N) is 1. The van der Waals surface area contributed by atoms with Crippen LogP contribution in [0.15, 0.2) is 0 Å². The van der Waals surface area contributed by atoms with Crippen LogP contribution in [0.2, 0.25) is 0 Å². The molecule has 2 fully saturated rings. The molecular formula is C9H15NO2. The van der Waals surface area contributed by atoms with Gasteiger partial charge in [0.15, 0.2) is 0 Å². The van der Waals surface area contributed by atoms with E-state index in [1.165, 1.54) is 6.42 Å². The summed E-state index contributed by atoms with van der Waals surface area (Å²) in [6.07, 6.45) is 4.56. The molecule has 1 aliphatic carbocycles. The van der Waals surface area contributed by atoms with Gasteiger partial charge < -0.3 is 9.64 Å². The van der Waals surface area contributed by atoms with Crippen molar-refractivity contribution in [3.8, 4) is 0 Å². The van der Waals surface area contributed by atoms with Crippen molar-refractivity contribution in [2.75, 3.05) is 6.54 Å². The molecule has 12 heavy (non-hydrogen) atoms. The molecule has 2 rings (SSSR count). The van der Waals surface area contributed by atoms with Crippen LogP contribution in [0.4, 0.5) is 4.79 Å². The van der Waals surface area contributed by atoms with Crippen molar-refractivity contribution in [1.82, 2.24) is 4.90 Å². The molecule has 3 nitrogen and oxygen atoms in total. The lowest BCUT2D eigenvalue weighted by atomic mass is 10.2. The molecule has 2 atom stereocenters. The maximum Gasteiger partial charge on any atom is 0.410 e. The Kier molecular flexibility index (Phi) is 1.95. The van der Waals surface area contributed by atoms with Crippen LogP contribution in [0.1, 0.15) is 32.6 Å². The number of rotatable bonds is 2. The topological polar surface area (TPSA) is 29.5 Å². The molecule has 3 heteroatoms. The van der Waals surface area contributed by atoms with Crippen LogP contribution >= 0.6 is 0 Å². The van der Waals surface area contributed by atoms with Crippen molar-refractivity contribution in [1.29, 1.82) is 0 Å². The van der Waals surface area contributed by atoms with Crippen molar-refractivity contribution < 1.29 is 9.53 Å². The van der Waals surface area contributed by atoms with E-state index in [1.54, 1.807) is 0 Å². The molecule has 0 aromatic carbocycles. The number of amides is 1. The quantitative estimate of drug-likeness (QED) is 0.630. The van der Waals surface area contributed by atoms with Crippen LogP contribution in [-0.2, 0) is 4.74 Å². The van der Waals surface area contributed by atoms with Gasteiger partial charge in [-0.25, -0.2) is 4.79 Å². The van der Waals surface area contributed by atoms with Gasteiger partial charge in [-0.1, -0.05) is 6.92 Å². The first-order chi connectivity index (χ1) is 5.83. The number of carbonyl (C=O) groups is 1. The monoisotopic (exact) mass is 169 g/mol. The van der Waals surface area contributed by atoms with Gasteiger partial charge in [-0.05, 0) is 25.7 Å². The van der Waals surface area contributed by atoms with Gasteiger partial charge in [0.1, 0.15) is 6.10 Å². The number of hydrogen-bond donors (Lipinski definition) is 0.